The molecule has 0 amide bonds. The monoisotopic (exact) mass is 288 g/mol. The van der Waals surface area contributed by atoms with Crippen molar-refractivity contribution in [2.24, 2.45) is 10.9 Å². The lowest BCUT2D eigenvalue weighted by atomic mass is 10.6. The second-order valence-electron chi connectivity index (χ2n) is 3.58. The van der Waals surface area contributed by atoms with Gasteiger partial charge >= 0.3 is 0 Å². The highest BCUT2D eigenvalue weighted by Crippen LogP contribution is 2.17. The van der Waals surface area contributed by atoms with E-state index < -0.39 is 0 Å². The Morgan fingerprint density at radius 1 is 1.50 bits per heavy atom. The van der Waals surface area contributed by atoms with Crippen LogP contribution in [0.15, 0.2) is 5.10 Å². The van der Waals surface area contributed by atoms with Crippen molar-refractivity contribution in [3.05, 3.63) is 0 Å². The molecule has 0 saturated heterocycles. The average Bonchev–Trinajstić information content (AvgIpc) is 2.97. The quantitative estimate of drug-likeness (QED) is 0.479. The van der Waals surface area contributed by atoms with Gasteiger partial charge in [0.25, 0.3) is 0 Å². The second-order valence-corrected chi connectivity index (χ2v) is 5.18. The minimum Gasteiger partial charge on any atom is -0.369 e. The summed E-state index contributed by atoms with van der Waals surface area (Å²) in [4.78, 5) is 2.05. The van der Waals surface area contributed by atoms with Crippen LogP contribution >= 0.6 is 23.5 Å². The summed E-state index contributed by atoms with van der Waals surface area (Å²) >= 11 is 3.01. The summed E-state index contributed by atoms with van der Waals surface area (Å²) in [6.45, 7) is 1.50. The number of nitrogens with zero attached hydrogens (tertiary/aromatic N) is 5. The molecule has 0 aromatic carbocycles. The molecule has 1 aliphatic rings. The summed E-state index contributed by atoms with van der Waals surface area (Å²) in [5.74, 6) is 8.99. The molecule has 2 rings (SSSR count). The van der Waals surface area contributed by atoms with Gasteiger partial charge in [-0.3, -0.25) is 0 Å². The van der Waals surface area contributed by atoms with Crippen LogP contribution in [0.2, 0.25) is 0 Å². The number of hydrogen-bond donors (Lipinski definition) is 3. The molecule has 18 heavy (non-hydrogen) atoms. The van der Waals surface area contributed by atoms with E-state index in [1.807, 2.05) is 23.7 Å². The van der Waals surface area contributed by atoms with Crippen molar-refractivity contribution in [1.29, 1.82) is 0 Å². The third-order valence-corrected chi connectivity index (χ3v) is 3.75. The first kappa shape index (κ1) is 13.2. The number of hydrazone groups is 1. The van der Waals surface area contributed by atoms with Gasteiger partial charge in [-0.25, -0.2) is 11.0 Å². The summed E-state index contributed by atoms with van der Waals surface area (Å²) in [7, 11) is 1.84. The maximum Gasteiger partial charge on any atom is 0.184 e. The average molecular weight is 288 g/mol. The number of rotatable bonds is 7. The van der Waals surface area contributed by atoms with E-state index in [2.05, 4.69) is 24.5 Å². The smallest absolute Gasteiger partial charge is 0.184 e. The Morgan fingerprint density at radius 2 is 2.33 bits per heavy atom. The third kappa shape index (κ3) is 3.62. The molecule has 100 valence electrons. The minimum absolute atomic E-state index is 0.653. The maximum atomic E-state index is 5.50. The molecule has 0 fully saturated rings. The van der Waals surface area contributed by atoms with E-state index in [-0.39, 0.29) is 0 Å². The molecule has 10 heteroatoms. The van der Waals surface area contributed by atoms with Gasteiger partial charge in [0.05, 0.1) is 17.6 Å². The SMILES string of the molecule is CNc1nsnc1NCCSCN1C=NN(N)C1. The Kier molecular flexibility index (Phi) is 4.84. The van der Waals surface area contributed by atoms with E-state index in [4.69, 9.17) is 5.84 Å². The van der Waals surface area contributed by atoms with E-state index in [9.17, 15) is 0 Å². The number of nitrogens with two attached hydrogens (primary N) is 1. The zero-order chi connectivity index (χ0) is 12.8. The number of aromatic nitrogens is 2. The van der Waals surface area contributed by atoms with Gasteiger partial charge in [-0.1, -0.05) is 0 Å². The number of thioether (sulfide) groups is 1. The highest BCUT2D eigenvalue weighted by molar-refractivity contribution is 7.99. The Morgan fingerprint density at radius 3 is 3.06 bits per heavy atom. The molecule has 8 nitrogen and oxygen atoms in total. The molecule has 0 spiro atoms. The molecular formula is C8H16N8S2. The van der Waals surface area contributed by atoms with Crippen LogP contribution in [0.5, 0.6) is 0 Å². The van der Waals surface area contributed by atoms with Gasteiger partial charge in [-0.2, -0.15) is 13.8 Å². The molecule has 4 N–H and O–H groups in total. The first-order chi connectivity index (χ1) is 8.79. The Labute approximate surface area is 114 Å². The van der Waals surface area contributed by atoms with Gasteiger partial charge in [0.15, 0.2) is 11.6 Å². The summed E-state index contributed by atoms with van der Waals surface area (Å²) < 4.78 is 8.27. The molecular weight excluding hydrogens is 272 g/mol. The lowest BCUT2D eigenvalue weighted by Crippen LogP contribution is -2.30. The van der Waals surface area contributed by atoms with Gasteiger partial charge in [-0.05, 0) is 0 Å². The summed E-state index contributed by atoms with van der Waals surface area (Å²) in [6, 6.07) is 0. The van der Waals surface area contributed by atoms with Crippen molar-refractivity contribution in [2.45, 2.75) is 0 Å². The third-order valence-electron chi connectivity index (χ3n) is 2.21. The van der Waals surface area contributed by atoms with Crippen LogP contribution in [0.4, 0.5) is 11.6 Å². The summed E-state index contributed by atoms with van der Waals surface area (Å²) in [5, 5.41) is 11.6. The van der Waals surface area contributed by atoms with E-state index >= 15 is 0 Å². The van der Waals surface area contributed by atoms with Gasteiger partial charge in [0.2, 0.25) is 0 Å². The van der Waals surface area contributed by atoms with Crippen molar-refractivity contribution in [2.75, 3.05) is 42.5 Å². The molecule has 1 aliphatic heterocycles. The van der Waals surface area contributed by atoms with E-state index in [0.29, 0.717) is 6.67 Å². The predicted octanol–water partition coefficient (Wildman–Crippen LogP) is 0.0745. The zero-order valence-electron chi connectivity index (χ0n) is 10.0. The fourth-order valence-corrected chi connectivity index (χ4v) is 2.66. The van der Waals surface area contributed by atoms with Crippen molar-refractivity contribution in [3.8, 4) is 0 Å². The Hall–Kier alpha value is -1.26. The second kappa shape index (κ2) is 6.61. The fourth-order valence-electron chi connectivity index (χ4n) is 1.36. The number of hydrogen-bond acceptors (Lipinski definition) is 10. The summed E-state index contributed by atoms with van der Waals surface area (Å²) in [5.41, 5.74) is 0. The maximum absolute atomic E-state index is 5.50. The largest absolute Gasteiger partial charge is 0.369 e. The highest BCUT2D eigenvalue weighted by atomic mass is 32.2. The molecule has 0 unspecified atom stereocenters. The highest BCUT2D eigenvalue weighted by Gasteiger charge is 2.09. The van der Waals surface area contributed by atoms with Gasteiger partial charge < -0.3 is 15.5 Å². The molecule has 1 aromatic rings. The molecule has 0 aliphatic carbocycles. The van der Waals surface area contributed by atoms with Gasteiger partial charge in [0, 0.05) is 19.3 Å². The normalized spacial score (nSPS) is 14.3. The fraction of sp³-hybridized carbons (Fsp3) is 0.625. The van der Waals surface area contributed by atoms with E-state index in [1.165, 1.54) is 16.8 Å². The molecule has 0 radical (unpaired) electrons. The molecule has 0 atom stereocenters. The van der Waals surface area contributed by atoms with Gasteiger partial charge in [0.1, 0.15) is 13.0 Å². The Balaban J connectivity index is 1.58. The zero-order valence-corrected chi connectivity index (χ0v) is 11.7. The van der Waals surface area contributed by atoms with Crippen LogP contribution in [0.25, 0.3) is 0 Å². The number of anilines is 2. The van der Waals surface area contributed by atoms with Crippen molar-refractivity contribution < 1.29 is 0 Å². The Bertz CT molecular complexity index is 394. The minimum atomic E-state index is 0.653. The number of nitrogens with one attached hydrogen (secondary N) is 2. The predicted molar refractivity (Wildman–Crippen MR) is 76.5 cm³/mol. The van der Waals surface area contributed by atoms with Crippen LogP contribution in [0.1, 0.15) is 0 Å². The summed E-state index contributed by atoms with van der Waals surface area (Å²) in [6.07, 6.45) is 1.75. The molecule has 0 saturated carbocycles. The van der Waals surface area contributed by atoms with E-state index in [1.54, 1.807) is 6.34 Å². The lowest BCUT2D eigenvalue weighted by Gasteiger charge is -2.14. The van der Waals surface area contributed by atoms with Gasteiger partial charge in [-0.15, -0.1) is 11.8 Å². The van der Waals surface area contributed by atoms with Crippen LogP contribution < -0.4 is 16.5 Å². The van der Waals surface area contributed by atoms with Crippen molar-refractivity contribution in [1.82, 2.24) is 18.8 Å². The first-order valence-electron chi connectivity index (χ1n) is 5.42. The molecule has 0 bridgehead atoms. The van der Waals surface area contributed by atoms with Crippen LogP contribution in [-0.4, -0.2) is 57.0 Å². The standard InChI is InChI=1S/C8H16N8S2/c1-10-7-8(14-18-13-7)11-2-3-17-6-15-4-12-16(9)5-15/h4H,2-3,5-6,9H2,1H3,(H,10,13)(H,11,14). The molecule has 2 heterocycles. The first-order valence-corrected chi connectivity index (χ1v) is 7.30. The lowest BCUT2D eigenvalue weighted by molar-refractivity contribution is 0.256. The van der Waals surface area contributed by atoms with E-state index in [0.717, 1.165) is 29.8 Å². The van der Waals surface area contributed by atoms with Crippen LogP contribution in [-0.2, 0) is 0 Å². The van der Waals surface area contributed by atoms with Crippen LogP contribution in [0, 0.1) is 0 Å². The number of hydrazine groups is 1. The van der Waals surface area contributed by atoms with Crippen LogP contribution in [0.3, 0.4) is 0 Å². The topological polar surface area (TPSA) is 94.7 Å². The van der Waals surface area contributed by atoms with Crippen molar-refractivity contribution in [3.63, 3.8) is 0 Å². The van der Waals surface area contributed by atoms with Crippen molar-refractivity contribution >= 4 is 41.5 Å². The molecule has 1 aromatic heterocycles.